The van der Waals surface area contributed by atoms with Gasteiger partial charge in [-0.2, -0.15) is 0 Å². The Balaban J connectivity index is 1.80. The van der Waals surface area contributed by atoms with Gasteiger partial charge in [0, 0.05) is 16.5 Å². The Hall–Kier alpha value is -3.02. The van der Waals surface area contributed by atoms with Crippen molar-refractivity contribution in [1.29, 1.82) is 0 Å². The first-order valence-corrected chi connectivity index (χ1v) is 9.92. The smallest absolute Gasteiger partial charge is 0.307 e. The quantitative estimate of drug-likeness (QED) is 0.590. The molecule has 0 atom stereocenters. The van der Waals surface area contributed by atoms with Crippen LogP contribution in [-0.2, 0) is 11.2 Å². The van der Waals surface area contributed by atoms with E-state index in [1.807, 2.05) is 18.2 Å². The van der Waals surface area contributed by atoms with E-state index in [0.717, 1.165) is 29.5 Å². The molecule has 1 aliphatic carbocycles. The van der Waals surface area contributed by atoms with Gasteiger partial charge in [0.25, 0.3) is 0 Å². The van der Waals surface area contributed by atoms with Gasteiger partial charge in [-0.25, -0.2) is 4.39 Å². The highest BCUT2D eigenvalue weighted by Gasteiger charge is 2.21. The standard InChI is InChI=1S/C23H24FNO4/c1-28-21-10-7-14(24)11-19(21)23-18(13-22(26)27)17-12-16(8-9-20(17)25-23)29-15-5-3-2-4-6-15/h7-12,15,25H,2-6,13H2,1H3,(H,26,27). The van der Waals surface area contributed by atoms with E-state index in [2.05, 4.69) is 4.98 Å². The Labute approximate surface area is 168 Å². The van der Waals surface area contributed by atoms with Crippen LogP contribution in [0, 0.1) is 5.82 Å². The van der Waals surface area contributed by atoms with Crippen molar-refractivity contribution in [3.05, 3.63) is 47.8 Å². The first-order valence-electron chi connectivity index (χ1n) is 9.92. The van der Waals surface area contributed by atoms with Gasteiger partial charge in [-0.1, -0.05) is 6.42 Å². The van der Waals surface area contributed by atoms with E-state index < -0.39 is 11.8 Å². The van der Waals surface area contributed by atoms with E-state index >= 15 is 0 Å². The van der Waals surface area contributed by atoms with Crippen LogP contribution in [-0.4, -0.2) is 29.3 Å². The van der Waals surface area contributed by atoms with Crippen LogP contribution in [0.4, 0.5) is 4.39 Å². The maximum absolute atomic E-state index is 13.9. The summed E-state index contributed by atoms with van der Waals surface area (Å²) in [6.07, 6.45) is 5.68. The minimum atomic E-state index is -0.957. The van der Waals surface area contributed by atoms with Crippen LogP contribution >= 0.6 is 0 Å². The number of carboxylic acids is 1. The summed E-state index contributed by atoms with van der Waals surface area (Å²) in [6.45, 7) is 0. The summed E-state index contributed by atoms with van der Waals surface area (Å²) in [6, 6.07) is 9.87. The molecule has 6 heteroatoms. The number of carbonyl (C=O) groups is 1. The molecular formula is C23H24FNO4. The second-order valence-corrected chi connectivity index (χ2v) is 7.48. The zero-order valence-corrected chi connectivity index (χ0v) is 16.3. The molecule has 152 valence electrons. The van der Waals surface area contributed by atoms with Crippen molar-refractivity contribution >= 4 is 16.9 Å². The van der Waals surface area contributed by atoms with Gasteiger partial charge in [-0.05, 0) is 67.6 Å². The Morgan fingerprint density at radius 3 is 2.69 bits per heavy atom. The number of rotatable bonds is 6. The molecule has 4 rings (SSSR count). The zero-order chi connectivity index (χ0) is 20.4. The molecule has 0 aliphatic heterocycles. The summed E-state index contributed by atoms with van der Waals surface area (Å²) in [7, 11) is 1.51. The van der Waals surface area contributed by atoms with Crippen molar-refractivity contribution in [2.24, 2.45) is 0 Å². The third-order valence-corrected chi connectivity index (χ3v) is 5.49. The van der Waals surface area contributed by atoms with Crippen LogP contribution in [0.5, 0.6) is 11.5 Å². The van der Waals surface area contributed by atoms with Crippen molar-refractivity contribution in [2.75, 3.05) is 7.11 Å². The first-order chi connectivity index (χ1) is 14.0. The zero-order valence-electron chi connectivity index (χ0n) is 16.3. The summed E-state index contributed by atoms with van der Waals surface area (Å²) in [4.78, 5) is 14.8. The van der Waals surface area contributed by atoms with Crippen LogP contribution in [0.25, 0.3) is 22.2 Å². The number of aliphatic carboxylic acids is 1. The molecule has 1 aromatic heterocycles. The van der Waals surface area contributed by atoms with Gasteiger partial charge in [-0.3, -0.25) is 4.79 Å². The molecule has 0 radical (unpaired) electrons. The van der Waals surface area contributed by atoms with Crippen molar-refractivity contribution < 1.29 is 23.8 Å². The lowest BCUT2D eigenvalue weighted by atomic mass is 9.97. The number of methoxy groups -OCH3 is 1. The minimum absolute atomic E-state index is 0.193. The average Bonchev–Trinajstić information content (AvgIpc) is 3.06. The highest BCUT2D eigenvalue weighted by atomic mass is 19.1. The van der Waals surface area contributed by atoms with Crippen LogP contribution in [0.2, 0.25) is 0 Å². The van der Waals surface area contributed by atoms with Gasteiger partial charge in [-0.15, -0.1) is 0 Å². The number of benzene rings is 2. The van der Waals surface area contributed by atoms with Gasteiger partial charge < -0.3 is 19.6 Å². The predicted octanol–water partition coefficient (Wildman–Crippen LogP) is 5.32. The molecular weight excluding hydrogens is 373 g/mol. The molecule has 1 saturated carbocycles. The largest absolute Gasteiger partial charge is 0.496 e. The predicted molar refractivity (Wildman–Crippen MR) is 109 cm³/mol. The summed E-state index contributed by atoms with van der Waals surface area (Å²) in [5, 5.41) is 10.2. The second kappa shape index (κ2) is 8.15. The van der Waals surface area contributed by atoms with E-state index in [4.69, 9.17) is 9.47 Å². The first kappa shape index (κ1) is 19.3. The number of carboxylic acid groups (broad SMARTS) is 1. The summed E-state index contributed by atoms with van der Waals surface area (Å²) in [5.74, 6) is -0.167. The van der Waals surface area contributed by atoms with Crippen LogP contribution in [0.15, 0.2) is 36.4 Å². The lowest BCUT2D eigenvalue weighted by Crippen LogP contribution is -2.19. The number of fused-ring (bicyclic) bond motifs is 1. The minimum Gasteiger partial charge on any atom is -0.496 e. The van der Waals surface area contributed by atoms with Crippen molar-refractivity contribution in [3.63, 3.8) is 0 Å². The fourth-order valence-electron chi connectivity index (χ4n) is 4.12. The number of aromatic amines is 1. The Morgan fingerprint density at radius 1 is 1.17 bits per heavy atom. The number of halogens is 1. The fraction of sp³-hybridized carbons (Fsp3) is 0.348. The molecule has 1 heterocycles. The highest BCUT2D eigenvalue weighted by molar-refractivity contribution is 5.95. The molecule has 2 aromatic carbocycles. The molecule has 0 amide bonds. The number of nitrogens with one attached hydrogen (secondary N) is 1. The molecule has 2 N–H and O–H groups in total. The lowest BCUT2D eigenvalue weighted by Gasteiger charge is -2.23. The number of H-pyrrole nitrogens is 1. The van der Waals surface area contributed by atoms with Crippen LogP contribution < -0.4 is 9.47 Å². The molecule has 29 heavy (non-hydrogen) atoms. The molecule has 1 fully saturated rings. The van der Waals surface area contributed by atoms with E-state index in [-0.39, 0.29) is 12.5 Å². The van der Waals surface area contributed by atoms with Crippen molar-refractivity contribution in [1.82, 2.24) is 4.98 Å². The topological polar surface area (TPSA) is 71.5 Å². The number of aromatic nitrogens is 1. The van der Waals surface area contributed by atoms with E-state index in [9.17, 15) is 14.3 Å². The maximum Gasteiger partial charge on any atom is 0.307 e. The average molecular weight is 397 g/mol. The maximum atomic E-state index is 13.9. The number of ether oxygens (including phenoxy) is 2. The third kappa shape index (κ3) is 4.06. The van der Waals surface area contributed by atoms with Crippen molar-refractivity contribution in [2.45, 2.75) is 44.6 Å². The van der Waals surface area contributed by atoms with E-state index in [1.54, 1.807) is 6.07 Å². The molecule has 0 spiro atoms. The number of hydrogen-bond acceptors (Lipinski definition) is 3. The normalized spacial score (nSPS) is 14.8. The SMILES string of the molecule is COc1ccc(F)cc1-c1[nH]c2ccc(OC3CCCCC3)cc2c1CC(=O)O. The summed E-state index contributed by atoms with van der Waals surface area (Å²) in [5.41, 5.74) is 2.41. The molecule has 0 bridgehead atoms. The molecule has 5 nitrogen and oxygen atoms in total. The Kier molecular flexibility index (Phi) is 5.43. The molecule has 0 unspecified atom stereocenters. The van der Waals surface area contributed by atoms with Gasteiger partial charge in [0.15, 0.2) is 0 Å². The van der Waals surface area contributed by atoms with Crippen LogP contribution in [0.1, 0.15) is 37.7 Å². The van der Waals surface area contributed by atoms with Crippen molar-refractivity contribution in [3.8, 4) is 22.8 Å². The van der Waals surface area contributed by atoms with Gasteiger partial charge in [0.2, 0.25) is 0 Å². The van der Waals surface area contributed by atoms with Gasteiger partial charge >= 0.3 is 5.97 Å². The fourth-order valence-corrected chi connectivity index (χ4v) is 4.12. The number of hydrogen-bond donors (Lipinski definition) is 2. The second-order valence-electron chi connectivity index (χ2n) is 7.48. The highest BCUT2D eigenvalue weighted by Crippen LogP contribution is 2.38. The molecule has 3 aromatic rings. The lowest BCUT2D eigenvalue weighted by molar-refractivity contribution is -0.136. The van der Waals surface area contributed by atoms with E-state index in [0.29, 0.717) is 22.6 Å². The third-order valence-electron chi connectivity index (χ3n) is 5.49. The Morgan fingerprint density at radius 2 is 1.97 bits per heavy atom. The van der Waals surface area contributed by atoms with E-state index in [1.165, 1.54) is 38.5 Å². The monoisotopic (exact) mass is 397 g/mol. The molecule has 0 saturated heterocycles. The molecule has 1 aliphatic rings. The van der Waals surface area contributed by atoms with Crippen LogP contribution in [0.3, 0.4) is 0 Å². The summed E-state index contributed by atoms with van der Waals surface area (Å²) < 4.78 is 25.5. The summed E-state index contributed by atoms with van der Waals surface area (Å²) >= 11 is 0. The van der Waals surface area contributed by atoms with Gasteiger partial charge in [0.1, 0.15) is 17.3 Å². The van der Waals surface area contributed by atoms with Gasteiger partial charge in [0.05, 0.1) is 25.3 Å². The Bertz CT molecular complexity index is 1040.